The minimum atomic E-state index is -0.928. The number of carboxylic acid groups (broad SMARTS) is 1. The molecule has 22 heavy (non-hydrogen) atoms. The van der Waals surface area contributed by atoms with Gasteiger partial charge in [-0.05, 0) is 24.6 Å². The summed E-state index contributed by atoms with van der Waals surface area (Å²) in [6.07, 6.45) is 1.90. The van der Waals surface area contributed by atoms with Gasteiger partial charge in [0.05, 0.1) is 10.9 Å². The highest BCUT2D eigenvalue weighted by Crippen LogP contribution is 2.30. The van der Waals surface area contributed by atoms with Gasteiger partial charge in [0.15, 0.2) is 6.20 Å². The topological polar surface area (TPSA) is 61.6 Å². The van der Waals surface area contributed by atoms with Gasteiger partial charge in [0, 0.05) is 24.6 Å². The van der Waals surface area contributed by atoms with Crippen molar-refractivity contribution in [3.8, 4) is 5.75 Å². The average molecular weight is 322 g/mol. The number of carbonyl (C=O) groups is 1. The summed E-state index contributed by atoms with van der Waals surface area (Å²) >= 11 is 0. The van der Waals surface area contributed by atoms with Crippen LogP contribution in [-0.2, 0) is 11.2 Å². The molecule has 0 spiro atoms. The molecule has 0 radical (unpaired) electrons. The molecule has 0 aliphatic heterocycles. The van der Waals surface area contributed by atoms with E-state index in [0.717, 1.165) is 0 Å². The Morgan fingerprint density at radius 3 is 2.68 bits per heavy atom. The summed E-state index contributed by atoms with van der Waals surface area (Å²) in [6, 6.07) is 9.51. The minimum absolute atomic E-state index is 0. The summed E-state index contributed by atoms with van der Waals surface area (Å²) in [6.45, 7) is 0. The highest BCUT2D eigenvalue weighted by Gasteiger charge is 2.21. The number of rotatable bonds is 3. The fraction of sp³-hybridized carbons (Fsp3) is 0.125. The molecule has 114 valence electrons. The number of nitrogens with zero attached hydrogens (tertiary/aromatic N) is 1. The number of benzene rings is 1. The monoisotopic (exact) mass is 321 g/mol. The second kappa shape index (κ2) is 6.15. The number of aromatic hydroxyl groups is 1. The number of halogens is 2. The fourth-order valence-electron chi connectivity index (χ4n) is 2.57. The molecular formula is C16H13ClFNO3. The van der Waals surface area contributed by atoms with Crippen molar-refractivity contribution in [2.45, 2.75) is 12.8 Å². The SMILES string of the molecule is O=C(O)CCc1c(O)c2ccc(F)cc2[n+]2ccccc12.[Cl-]. The van der Waals surface area contributed by atoms with Crippen LogP contribution in [0.5, 0.6) is 5.75 Å². The number of carboxylic acids is 1. The van der Waals surface area contributed by atoms with E-state index in [2.05, 4.69) is 0 Å². The van der Waals surface area contributed by atoms with E-state index in [1.807, 2.05) is 0 Å². The zero-order valence-corrected chi connectivity index (χ0v) is 12.2. The zero-order valence-electron chi connectivity index (χ0n) is 11.5. The second-order valence-corrected chi connectivity index (χ2v) is 4.84. The largest absolute Gasteiger partial charge is 1.00 e. The normalized spacial score (nSPS) is 10.6. The Balaban J connectivity index is 0.00000176. The van der Waals surface area contributed by atoms with E-state index in [4.69, 9.17) is 5.11 Å². The van der Waals surface area contributed by atoms with E-state index < -0.39 is 11.8 Å². The molecule has 0 atom stereocenters. The smallest absolute Gasteiger partial charge is 0.303 e. The van der Waals surface area contributed by atoms with E-state index >= 15 is 0 Å². The lowest BCUT2D eigenvalue weighted by atomic mass is 10.0. The van der Waals surface area contributed by atoms with Gasteiger partial charge in [-0.1, -0.05) is 0 Å². The maximum Gasteiger partial charge on any atom is 0.303 e. The lowest BCUT2D eigenvalue weighted by Crippen LogP contribution is -3.00. The van der Waals surface area contributed by atoms with Crippen LogP contribution in [0.3, 0.4) is 0 Å². The first kappa shape index (κ1) is 16.0. The van der Waals surface area contributed by atoms with Crippen LogP contribution in [0.25, 0.3) is 16.4 Å². The van der Waals surface area contributed by atoms with Crippen LogP contribution >= 0.6 is 0 Å². The molecule has 0 amide bonds. The van der Waals surface area contributed by atoms with Crippen LogP contribution in [0.2, 0.25) is 0 Å². The molecule has 3 rings (SSSR count). The summed E-state index contributed by atoms with van der Waals surface area (Å²) in [7, 11) is 0. The van der Waals surface area contributed by atoms with Gasteiger partial charge in [0.1, 0.15) is 11.6 Å². The van der Waals surface area contributed by atoms with Gasteiger partial charge >= 0.3 is 5.97 Å². The van der Waals surface area contributed by atoms with Gasteiger partial charge in [-0.25, -0.2) is 4.39 Å². The van der Waals surface area contributed by atoms with Crippen LogP contribution in [0, 0.1) is 5.82 Å². The van der Waals surface area contributed by atoms with Crippen LogP contribution in [0.15, 0.2) is 42.6 Å². The lowest BCUT2D eigenvalue weighted by molar-refractivity contribution is -0.482. The third-order valence-electron chi connectivity index (χ3n) is 3.52. The van der Waals surface area contributed by atoms with Crippen molar-refractivity contribution in [3.63, 3.8) is 0 Å². The van der Waals surface area contributed by atoms with E-state index in [1.54, 1.807) is 28.8 Å². The lowest BCUT2D eigenvalue weighted by Gasteiger charge is -2.07. The molecule has 2 aromatic heterocycles. The molecule has 3 aromatic rings. The van der Waals surface area contributed by atoms with Crippen molar-refractivity contribution in [1.29, 1.82) is 0 Å². The highest BCUT2D eigenvalue weighted by atomic mass is 35.5. The van der Waals surface area contributed by atoms with Crippen molar-refractivity contribution in [2.24, 2.45) is 0 Å². The first-order valence-electron chi connectivity index (χ1n) is 6.53. The molecule has 0 saturated heterocycles. The molecule has 0 saturated carbocycles. The van der Waals surface area contributed by atoms with Crippen molar-refractivity contribution in [2.75, 3.05) is 0 Å². The summed E-state index contributed by atoms with van der Waals surface area (Å²) in [4.78, 5) is 10.8. The third kappa shape index (κ3) is 2.67. The maximum atomic E-state index is 13.5. The Morgan fingerprint density at radius 2 is 1.95 bits per heavy atom. The Bertz CT molecular complexity index is 867. The Kier molecular flexibility index (Phi) is 4.47. The van der Waals surface area contributed by atoms with Gasteiger partial charge in [-0.2, -0.15) is 4.40 Å². The molecule has 0 aliphatic carbocycles. The quantitative estimate of drug-likeness (QED) is 0.502. The molecule has 4 nitrogen and oxygen atoms in total. The van der Waals surface area contributed by atoms with Gasteiger partial charge in [-0.3, -0.25) is 4.79 Å². The van der Waals surface area contributed by atoms with Crippen LogP contribution in [-0.4, -0.2) is 16.2 Å². The van der Waals surface area contributed by atoms with Crippen LogP contribution in [0.4, 0.5) is 4.39 Å². The maximum absolute atomic E-state index is 13.5. The van der Waals surface area contributed by atoms with Gasteiger partial charge in [-0.15, -0.1) is 0 Å². The molecule has 2 heterocycles. The zero-order chi connectivity index (χ0) is 15.0. The second-order valence-electron chi connectivity index (χ2n) is 4.84. The number of hydrogen-bond acceptors (Lipinski definition) is 2. The van der Waals surface area contributed by atoms with Crippen LogP contribution < -0.4 is 16.8 Å². The predicted octanol–water partition coefficient (Wildman–Crippen LogP) is -0.556. The average Bonchev–Trinajstić information content (AvgIpc) is 2.46. The molecule has 1 aromatic carbocycles. The Morgan fingerprint density at radius 1 is 1.18 bits per heavy atom. The highest BCUT2D eigenvalue weighted by molar-refractivity contribution is 5.86. The molecule has 2 N–H and O–H groups in total. The molecule has 0 fully saturated rings. The number of aliphatic carboxylic acids is 1. The molecular weight excluding hydrogens is 309 g/mol. The van der Waals surface area contributed by atoms with Crippen molar-refractivity contribution < 1.29 is 36.2 Å². The number of aromatic nitrogens is 1. The molecule has 0 bridgehead atoms. The van der Waals surface area contributed by atoms with Gasteiger partial charge in [0.2, 0.25) is 11.0 Å². The van der Waals surface area contributed by atoms with Crippen molar-refractivity contribution in [3.05, 3.63) is 54.0 Å². The van der Waals surface area contributed by atoms with Gasteiger partial charge < -0.3 is 22.6 Å². The molecule has 6 heteroatoms. The van der Waals surface area contributed by atoms with E-state index in [0.29, 0.717) is 22.0 Å². The van der Waals surface area contributed by atoms with E-state index in [9.17, 15) is 14.3 Å². The van der Waals surface area contributed by atoms with Crippen molar-refractivity contribution >= 4 is 22.4 Å². The molecule has 0 unspecified atom stereocenters. The number of pyridine rings is 2. The standard InChI is InChI=1S/C16H12FNO3.ClH/c17-10-4-5-12-14(9-10)18-8-2-1-3-13(18)11(16(12)21)6-7-15(19)20;/h1-5,8-9H,6-7H2,(H,19,20);1H. The summed E-state index contributed by atoms with van der Waals surface area (Å²) < 4.78 is 15.2. The Hall–Kier alpha value is -2.40. The Labute approximate surface area is 131 Å². The number of aryl methyl sites for hydroxylation is 1. The van der Waals surface area contributed by atoms with Gasteiger partial charge in [0.25, 0.3) is 0 Å². The first-order chi connectivity index (χ1) is 10.1. The summed E-state index contributed by atoms with van der Waals surface area (Å²) in [5, 5.41) is 19.8. The van der Waals surface area contributed by atoms with Crippen LogP contribution in [0.1, 0.15) is 12.0 Å². The predicted molar refractivity (Wildman–Crippen MR) is 74.7 cm³/mol. The van der Waals surface area contributed by atoms with Crippen molar-refractivity contribution in [1.82, 2.24) is 0 Å². The fourth-order valence-corrected chi connectivity index (χ4v) is 2.57. The minimum Gasteiger partial charge on any atom is -1.00 e. The van der Waals surface area contributed by atoms with E-state index in [1.165, 1.54) is 18.2 Å². The molecule has 0 aliphatic rings. The first-order valence-corrected chi connectivity index (χ1v) is 6.53. The summed E-state index contributed by atoms with van der Waals surface area (Å²) in [5.74, 6) is -1.31. The third-order valence-corrected chi connectivity index (χ3v) is 3.52. The number of fused-ring (bicyclic) bond motifs is 3. The summed E-state index contributed by atoms with van der Waals surface area (Å²) in [5.41, 5.74) is 1.77. The number of hydrogen-bond donors (Lipinski definition) is 2. The van der Waals surface area contributed by atoms with E-state index in [-0.39, 0.29) is 31.0 Å².